The molecular formula is C14H18ClNO5. The van der Waals surface area contributed by atoms with Gasteiger partial charge in [0.1, 0.15) is 11.8 Å². The van der Waals surface area contributed by atoms with E-state index in [9.17, 15) is 9.59 Å². The molecule has 21 heavy (non-hydrogen) atoms. The Labute approximate surface area is 127 Å². The molecule has 0 heterocycles. The number of hydrogen-bond acceptors (Lipinski definition) is 4. The molecule has 1 aromatic rings. The van der Waals surface area contributed by atoms with E-state index in [0.29, 0.717) is 10.8 Å². The molecule has 6 nitrogen and oxygen atoms in total. The highest BCUT2D eigenvalue weighted by Crippen LogP contribution is 2.21. The average Bonchev–Trinajstić information content (AvgIpc) is 2.40. The predicted octanol–water partition coefficient (Wildman–Crippen LogP) is 1.45. The molecule has 0 bridgehead atoms. The van der Waals surface area contributed by atoms with E-state index in [1.54, 1.807) is 24.3 Å². The van der Waals surface area contributed by atoms with Crippen molar-refractivity contribution in [3.63, 3.8) is 0 Å². The molecule has 1 atom stereocenters. The van der Waals surface area contributed by atoms with Crippen molar-refractivity contribution in [2.45, 2.75) is 31.9 Å². The monoisotopic (exact) mass is 315 g/mol. The van der Waals surface area contributed by atoms with Crippen LogP contribution in [0.15, 0.2) is 24.3 Å². The van der Waals surface area contributed by atoms with Gasteiger partial charge in [0.25, 0.3) is 5.91 Å². The van der Waals surface area contributed by atoms with Crippen molar-refractivity contribution >= 4 is 23.5 Å². The van der Waals surface area contributed by atoms with Crippen molar-refractivity contribution in [2.75, 3.05) is 6.61 Å². The van der Waals surface area contributed by atoms with Gasteiger partial charge in [0.2, 0.25) is 0 Å². The van der Waals surface area contributed by atoms with Crippen molar-refractivity contribution < 1.29 is 24.5 Å². The Kier molecular flexibility index (Phi) is 5.99. The van der Waals surface area contributed by atoms with Gasteiger partial charge in [0.05, 0.1) is 0 Å². The Balaban J connectivity index is 2.74. The number of halogens is 1. The molecular weight excluding hydrogens is 298 g/mol. The number of nitrogens with one attached hydrogen (secondary N) is 1. The molecule has 0 unspecified atom stereocenters. The second kappa shape index (κ2) is 7.28. The van der Waals surface area contributed by atoms with Crippen LogP contribution in [0.1, 0.15) is 20.3 Å². The van der Waals surface area contributed by atoms with Gasteiger partial charge in [-0.3, -0.25) is 4.79 Å². The summed E-state index contributed by atoms with van der Waals surface area (Å²) in [5.41, 5.74) is -1.27. The summed E-state index contributed by atoms with van der Waals surface area (Å²) in [7, 11) is 0. The molecule has 1 rings (SSSR count). The maximum absolute atomic E-state index is 12.1. The zero-order valence-corrected chi connectivity index (χ0v) is 12.6. The van der Waals surface area contributed by atoms with Crippen LogP contribution in [0.3, 0.4) is 0 Å². The van der Waals surface area contributed by atoms with Gasteiger partial charge in [-0.1, -0.05) is 11.6 Å². The zero-order valence-electron chi connectivity index (χ0n) is 11.8. The maximum Gasteiger partial charge on any atom is 0.326 e. The number of amides is 1. The SMILES string of the molecule is CC(C)(Oc1ccc(Cl)cc1)C(=O)N[C@H](CCO)C(=O)O. The van der Waals surface area contributed by atoms with Crippen LogP contribution in [0.25, 0.3) is 0 Å². The maximum atomic E-state index is 12.1. The summed E-state index contributed by atoms with van der Waals surface area (Å²) in [6.07, 6.45) is -0.0713. The molecule has 0 saturated heterocycles. The third kappa shape index (κ3) is 5.24. The van der Waals surface area contributed by atoms with Gasteiger partial charge >= 0.3 is 5.97 Å². The summed E-state index contributed by atoms with van der Waals surface area (Å²) in [6, 6.07) is 5.31. The van der Waals surface area contributed by atoms with E-state index in [0.717, 1.165) is 0 Å². The van der Waals surface area contributed by atoms with Crippen LogP contribution in [0.5, 0.6) is 5.75 Å². The van der Waals surface area contributed by atoms with Gasteiger partial charge in [-0.15, -0.1) is 0 Å². The number of ether oxygens (including phenoxy) is 1. The van der Waals surface area contributed by atoms with E-state index < -0.39 is 23.5 Å². The van der Waals surface area contributed by atoms with Gasteiger partial charge in [-0.25, -0.2) is 4.79 Å². The largest absolute Gasteiger partial charge is 0.480 e. The summed E-state index contributed by atoms with van der Waals surface area (Å²) in [5.74, 6) is -1.36. The highest BCUT2D eigenvalue weighted by Gasteiger charge is 2.33. The lowest BCUT2D eigenvalue weighted by molar-refractivity contribution is -0.145. The van der Waals surface area contributed by atoms with Gasteiger partial charge in [0.15, 0.2) is 5.60 Å². The van der Waals surface area contributed by atoms with Crippen LogP contribution in [0.4, 0.5) is 0 Å². The molecule has 1 amide bonds. The number of carboxylic acid groups (broad SMARTS) is 1. The first-order chi connectivity index (χ1) is 9.76. The van der Waals surface area contributed by atoms with E-state index in [-0.39, 0.29) is 13.0 Å². The molecule has 0 fully saturated rings. The number of carboxylic acids is 1. The van der Waals surface area contributed by atoms with Gasteiger partial charge in [-0.05, 0) is 38.1 Å². The Morgan fingerprint density at radius 3 is 2.38 bits per heavy atom. The Hall–Kier alpha value is -1.79. The first-order valence-corrected chi connectivity index (χ1v) is 6.73. The van der Waals surface area contributed by atoms with E-state index >= 15 is 0 Å². The first kappa shape index (κ1) is 17.3. The fourth-order valence-electron chi connectivity index (χ4n) is 1.56. The summed E-state index contributed by atoms with van der Waals surface area (Å²) < 4.78 is 5.55. The Morgan fingerprint density at radius 1 is 1.33 bits per heavy atom. The minimum Gasteiger partial charge on any atom is -0.480 e. The summed E-state index contributed by atoms with van der Waals surface area (Å²) in [4.78, 5) is 23.1. The molecule has 7 heteroatoms. The minimum atomic E-state index is -1.27. The number of aliphatic carboxylic acids is 1. The number of carbonyl (C=O) groups excluding carboxylic acids is 1. The molecule has 0 spiro atoms. The molecule has 0 aliphatic carbocycles. The second-order valence-electron chi connectivity index (χ2n) is 4.94. The fourth-order valence-corrected chi connectivity index (χ4v) is 1.69. The minimum absolute atomic E-state index is 0.0713. The summed E-state index contributed by atoms with van der Waals surface area (Å²) in [5, 5.41) is 20.6. The molecule has 0 aliphatic rings. The standard InChI is InChI=1S/C14H18ClNO5/c1-14(2,21-10-5-3-9(15)4-6-10)13(20)16-11(7-8-17)12(18)19/h3-6,11,17H,7-8H2,1-2H3,(H,16,20)(H,18,19)/t11-/m1/s1. The molecule has 3 N–H and O–H groups in total. The van der Waals surface area contributed by atoms with Gasteiger partial charge in [-0.2, -0.15) is 0 Å². The topological polar surface area (TPSA) is 95.9 Å². The first-order valence-electron chi connectivity index (χ1n) is 6.35. The number of benzene rings is 1. The van der Waals surface area contributed by atoms with Crippen LogP contribution in [-0.2, 0) is 9.59 Å². The van der Waals surface area contributed by atoms with Crippen LogP contribution in [0, 0.1) is 0 Å². The van der Waals surface area contributed by atoms with Crippen molar-refractivity contribution in [3.05, 3.63) is 29.3 Å². The molecule has 0 radical (unpaired) electrons. The van der Waals surface area contributed by atoms with E-state index in [1.807, 2.05) is 0 Å². The quantitative estimate of drug-likeness (QED) is 0.707. The van der Waals surface area contributed by atoms with Gasteiger partial charge in [0, 0.05) is 18.1 Å². The molecule has 0 aromatic heterocycles. The van der Waals surface area contributed by atoms with Crippen LogP contribution in [0.2, 0.25) is 5.02 Å². The lowest BCUT2D eigenvalue weighted by Crippen LogP contribution is -2.52. The zero-order chi connectivity index (χ0) is 16.0. The highest BCUT2D eigenvalue weighted by molar-refractivity contribution is 6.30. The number of aliphatic hydroxyl groups is 1. The molecule has 0 saturated carbocycles. The Morgan fingerprint density at radius 2 is 1.90 bits per heavy atom. The molecule has 116 valence electrons. The molecule has 0 aliphatic heterocycles. The van der Waals surface area contributed by atoms with Crippen LogP contribution >= 0.6 is 11.6 Å². The summed E-state index contributed by atoms with van der Waals surface area (Å²) in [6.45, 7) is 2.71. The van der Waals surface area contributed by atoms with Crippen molar-refractivity contribution in [1.82, 2.24) is 5.32 Å². The molecule has 1 aromatic carbocycles. The Bertz CT molecular complexity index is 501. The smallest absolute Gasteiger partial charge is 0.326 e. The van der Waals surface area contributed by atoms with E-state index in [1.165, 1.54) is 13.8 Å². The van der Waals surface area contributed by atoms with Crippen LogP contribution in [-0.4, -0.2) is 40.3 Å². The fraction of sp³-hybridized carbons (Fsp3) is 0.429. The van der Waals surface area contributed by atoms with E-state index in [2.05, 4.69) is 5.32 Å². The third-order valence-corrected chi connectivity index (χ3v) is 3.01. The van der Waals surface area contributed by atoms with Crippen molar-refractivity contribution in [2.24, 2.45) is 0 Å². The van der Waals surface area contributed by atoms with Crippen molar-refractivity contribution in [1.29, 1.82) is 0 Å². The average molecular weight is 316 g/mol. The number of hydrogen-bond donors (Lipinski definition) is 3. The van der Waals surface area contributed by atoms with Crippen LogP contribution < -0.4 is 10.1 Å². The number of aliphatic hydroxyl groups excluding tert-OH is 1. The normalized spacial score (nSPS) is 12.6. The third-order valence-electron chi connectivity index (χ3n) is 2.75. The van der Waals surface area contributed by atoms with Gasteiger partial charge < -0.3 is 20.3 Å². The van der Waals surface area contributed by atoms with Crippen molar-refractivity contribution in [3.8, 4) is 5.75 Å². The number of rotatable bonds is 7. The lowest BCUT2D eigenvalue weighted by Gasteiger charge is -2.27. The highest BCUT2D eigenvalue weighted by atomic mass is 35.5. The van der Waals surface area contributed by atoms with E-state index in [4.69, 9.17) is 26.6 Å². The second-order valence-corrected chi connectivity index (χ2v) is 5.38. The lowest BCUT2D eigenvalue weighted by atomic mass is 10.1. The summed E-state index contributed by atoms with van der Waals surface area (Å²) >= 11 is 5.76. The predicted molar refractivity (Wildman–Crippen MR) is 77.4 cm³/mol. The number of carbonyl (C=O) groups is 2.